The Morgan fingerprint density at radius 3 is 2.83 bits per heavy atom. The number of carbonyl (C=O) groups is 2. The van der Waals surface area contributed by atoms with E-state index in [2.05, 4.69) is 20.8 Å². The lowest BCUT2D eigenvalue weighted by Crippen LogP contribution is -3.12. The molecule has 0 aliphatic rings. The maximum absolute atomic E-state index is 11.8. The van der Waals surface area contributed by atoms with Gasteiger partial charge in [-0.3, -0.25) is 10.1 Å². The molecule has 2 aromatic rings. The van der Waals surface area contributed by atoms with Gasteiger partial charge in [0.05, 0.1) is 12.8 Å². The molecule has 0 aliphatic heterocycles. The minimum absolute atomic E-state index is 0.139. The summed E-state index contributed by atoms with van der Waals surface area (Å²) in [6, 6.07) is 2.94. The average molecular weight is 322 g/mol. The van der Waals surface area contributed by atoms with Crippen LogP contribution in [0.1, 0.15) is 19.2 Å². The van der Waals surface area contributed by atoms with Gasteiger partial charge in [0.2, 0.25) is 0 Å². The van der Waals surface area contributed by atoms with E-state index in [0.29, 0.717) is 24.1 Å². The molecule has 0 fully saturated rings. The molecule has 3 N–H and O–H groups in total. The Morgan fingerprint density at radius 1 is 1.35 bits per heavy atom. The van der Waals surface area contributed by atoms with Crippen molar-refractivity contribution in [1.29, 1.82) is 0 Å². The van der Waals surface area contributed by atoms with Gasteiger partial charge in [-0.25, -0.2) is 4.79 Å². The summed E-state index contributed by atoms with van der Waals surface area (Å²) in [5.74, 6) is 0.847. The van der Waals surface area contributed by atoms with Gasteiger partial charge in [-0.05, 0) is 18.6 Å². The zero-order valence-corrected chi connectivity index (χ0v) is 13.1. The van der Waals surface area contributed by atoms with Crippen molar-refractivity contribution in [1.82, 2.24) is 20.8 Å². The fraction of sp³-hybridized carbons (Fsp3) is 0.429. The number of hydrogen-bond donors (Lipinski definition) is 3. The number of quaternary nitrogens is 1. The van der Waals surface area contributed by atoms with Crippen LogP contribution in [0.2, 0.25) is 0 Å². The third-order valence-corrected chi connectivity index (χ3v) is 3.09. The second-order valence-corrected chi connectivity index (χ2v) is 4.96. The summed E-state index contributed by atoms with van der Waals surface area (Å²) in [5, 5.41) is 12.5. The summed E-state index contributed by atoms with van der Waals surface area (Å²) in [5.41, 5.74) is 0. The molecule has 0 aliphatic carbocycles. The van der Waals surface area contributed by atoms with E-state index in [0.717, 1.165) is 17.9 Å². The molecule has 0 aromatic carbocycles. The lowest BCUT2D eigenvalue weighted by atomic mass is 10.3. The Hall–Kier alpha value is -2.68. The van der Waals surface area contributed by atoms with Crippen LogP contribution in [0.4, 0.5) is 4.79 Å². The number of nitrogens with zero attached hydrogens (tertiary/aromatic N) is 2. The van der Waals surface area contributed by atoms with Gasteiger partial charge in [-0.1, -0.05) is 6.92 Å². The number of hydrogen-bond acceptors (Lipinski definition) is 6. The van der Waals surface area contributed by atoms with Crippen LogP contribution in [0.15, 0.2) is 27.2 Å². The van der Waals surface area contributed by atoms with E-state index in [1.54, 1.807) is 12.1 Å². The molecule has 124 valence electrons. The standard InChI is InChI=1S/C14H19N5O4/c1-3-6-19(8-11(20)16-14(21)15-2)9-12-17-18-13(23-12)10-5-4-7-22-10/h4-5,7H,3,6,8-9H2,1-2H3,(H2,15,16,20,21)/p+1. The first-order valence-corrected chi connectivity index (χ1v) is 7.33. The summed E-state index contributed by atoms with van der Waals surface area (Å²) in [6.45, 7) is 3.28. The van der Waals surface area contributed by atoms with E-state index in [1.165, 1.54) is 13.3 Å². The Balaban J connectivity index is 1.96. The van der Waals surface area contributed by atoms with Crippen molar-refractivity contribution >= 4 is 11.9 Å². The van der Waals surface area contributed by atoms with Gasteiger partial charge in [0.1, 0.15) is 0 Å². The minimum atomic E-state index is -0.524. The Kier molecular flexibility index (Phi) is 5.87. The monoisotopic (exact) mass is 322 g/mol. The molecule has 0 bridgehead atoms. The summed E-state index contributed by atoms with van der Waals surface area (Å²) in [4.78, 5) is 23.9. The van der Waals surface area contributed by atoms with Gasteiger partial charge in [-0.15, -0.1) is 10.2 Å². The number of carbonyl (C=O) groups excluding carboxylic acids is 2. The second-order valence-electron chi connectivity index (χ2n) is 4.96. The predicted molar refractivity (Wildman–Crippen MR) is 79.3 cm³/mol. The van der Waals surface area contributed by atoms with Gasteiger partial charge >= 0.3 is 6.03 Å². The van der Waals surface area contributed by atoms with Crippen LogP contribution in [-0.2, 0) is 11.3 Å². The van der Waals surface area contributed by atoms with Crippen molar-refractivity contribution in [2.24, 2.45) is 0 Å². The van der Waals surface area contributed by atoms with Crippen molar-refractivity contribution in [3.05, 3.63) is 24.3 Å². The van der Waals surface area contributed by atoms with Crippen molar-refractivity contribution in [3.8, 4) is 11.7 Å². The Labute approximate surface area is 133 Å². The zero-order chi connectivity index (χ0) is 16.7. The highest BCUT2D eigenvalue weighted by molar-refractivity contribution is 5.94. The fourth-order valence-corrected chi connectivity index (χ4v) is 2.09. The number of rotatable bonds is 7. The Morgan fingerprint density at radius 2 is 2.17 bits per heavy atom. The van der Waals surface area contributed by atoms with Crippen LogP contribution in [-0.4, -0.2) is 42.3 Å². The summed E-state index contributed by atoms with van der Waals surface area (Å²) in [7, 11) is 1.45. The number of nitrogens with one attached hydrogen (secondary N) is 3. The van der Waals surface area contributed by atoms with E-state index < -0.39 is 6.03 Å². The molecular formula is C14H20N5O4+. The van der Waals surface area contributed by atoms with Gasteiger partial charge in [0.25, 0.3) is 17.7 Å². The molecule has 9 heteroatoms. The van der Waals surface area contributed by atoms with Gasteiger partial charge < -0.3 is 19.1 Å². The van der Waals surface area contributed by atoms with Crippen LogP contribution in [0.25, 0.3) is 11.7 Å². The molecule has 2 aromatic heterocycles. The van der Waals surface area contributed by atoms with E-state index in [-0.39, 0.29) is 12.5 Å². The van der Waals surface area contributed by atoms with Crippen molar-refractivity contribution in [3.63, 3.8) is 0 Å². The first-order valence-electron chi connectivity index (χ1n) is 7.33. The van der Waals surface area contributed by atoms with Crippen molar-refractivity contribution in [2.75, 3.05) is 20.1 Å². The SMILES string of the molecule is CCC[NH+](CC(=O)NC(=O)NC)Cc1nnc(-c2ccco2)o1. The molecule has 2 heterocycles. The maximum Gasteiger partial charge on any atom is 0.321 e. The molecule has 2 rings (SSSR count). The minimum Gasteiger partial charge on any atom is -0.459 e. The number of imide groups is 1. The van der Waals surface area contributed by atoms with Gasteiger partial charge in [0, 0.05) is 7.05 Å². The first-order chi connectivity index (χ1) is 11.1. The number of amides is 3. The number of urea groups is 1. The maximum atomic E-state index is 11.8. The van der Waals surface area contributed by atoms with E-state index in [1.807, 2.05) is 6.92 Å². The van der Waals surface area contributed by atoms with Crippen LogP contribution in [0.3, 0.4) is 0 Å². The van der Waals surface area contributed by atoms with E-state index in [4.69, 9.17) is 8.83 Å². The highest BCUT2D eigenvalue weighted by Gasteiger charge is 2.20. The molecule has 9 nitrogen and oxygen atoms in total. The van der Waals surface area contributed by atoms with Crippen molar-refractivity contribution in [2.45, 2.75) is 19.9 Å². The fourth-order valence-electron chi connectivity index (χ4n) is 2.09. The first kappa shape index (κ1) is 16.7. The van der Waals surface area contributed by atoms with Crippen LogP contribution < -0.4 is 15.5 Å². The molecule has 0 saturated heterocycles. The van der Waals surface area contributed by atoms with Crippen molar-refractivity contribution < 1.29 is 23.3 Å². The average Bonchev–Trinajstić information content (AvgIpc) is 3.17. The Bertz CT molecular complexity index is 637. The molecule has 0 saturated carbocycles. The lowest BCUT2D eigenvalue weighted by Gasteiger charge is -2.16. The largest absolute Gasteiger partial charge is 0.459 e. The molecule has 1 atom stereocenters. The molecule has 0 spiro atoms. The molecule has 23 heavy (non-hydrogen) atoms. The highest BCUT2D eigenvalue weighted by Crippen LogP contribution is 2.17. The summed E-state index contributed by atoms with van der Waals surface area (Å²) in [6.07, 6.45) is 2.40. The lowest BCUT2D eigenvalue weighted by molar-refractivity contribution is -0.907. The molecule has 1 unspecified atom stereocenters. The van der Waals surface area contributed by atoms with Crippen LogP contribution in [0.5, 0.6) is 0 Å². The molecule has 0 radical (unpaired) electrons. The third-order valence-electron chi connectivity index (χ3n) is 3.09. The van der Waals surface area contributed by atoms with Gasteiger partial charge in [0.15, 0.2) is 18.8 Å². The number of aromatic nitrogens is 2. The van der Waals surface area contributed by atoms with Gasteiger partial charge in [-0.2, -0.15) is 0 Å². The molecular weight excluding hydrogens is 302 g/mol. The quantitative estimate of drug-likeness (QED) is 0.638. The van der Waals surface area contributed by atoms with Crippen LogP contribution in [0, 0.1) is 0 Å². The highest BCUT2D eigenvalue weighted by atomic mass is 16.4. The zero-order valence-electron chi connectivity index (χ0n) is 13.1. The van der Waals surface area contributed by atoms with Crippen LogP contribution >= 0.6 is 0 Å². The third kappa shape index (κ3) is 4.92. The molecule has 3 amide bonds. The topological polar surface area (TPSA) is 115 Å². The number of furan rings is 1. The second kappa shape index (κ2) is 8.08. The van der Waals surface area contributed by atoms with E-state index in [9.17, 15) is 9.59 Å². The summed E-state index contributed by atoms with van der Waals surface area (Å²) < 4.78 is 10.7. The smallest absolute Gasteiger partial charge is 0.321 e. The summed E-state index contributed by atoms with van der Waals surface area (Å²) >= 11 is 0. The van der Waals surface area contributed by atoms with E-state index >= 15 is 0 Å². The predicted octanol–water partition coefficient (Wildman–Crippen LogP) is -0.420. The normalized spacial score (nSPS) is 11.9.